The maximum Gasteiger partial charge on any atom is 0.191 e. The van der Waals surface area contributed by atoms with Crippen molar-refractivity contribution in [1.82, 2.24) is 15.5 Å². The summed E-state index contributed by atoms with van der Waals surface area (Å²) in [4.78, 5) is 6.73. The zero-order valence-electron chi connectivity index (χ0n) is 13.2. The molecule has 0 aliphatic carbocycles. The first kappa shape index (κ1) is 19.9. The van der Waals surface area contributed by atoms with Gasteiger partial charge in [-0.2, -0.15) is 0 Å². The van der Waals surface area contributed by atoms with E-state index in [1.54, 1.807) is 7.05 Å². The maximum atomic E-state index is 5.28. The number of aliphatic imine (C=N–C) groups is 1. The third-order valence-corrected chi connectivity index (χ3v) is 3.56. The summed E-state index contributed by atoms with van der Waals surface area (Å²) in [7, 11) is 1.80. The van der Waals surface area contributed by atoms with Crippen LogP contribution in [0.3, 0.4) is 0 Å². The molecule has 1 saturated heterocycles. The van der Waals surface area contributed by atoms with Crippen LogP contribution in [-0.2, 0) is 4.74 Å². The first-order valence-electron chi connectivity index (χ1n) is 7.50. The topological polar surface area (TPSA) is 48.9 Å². The number of guanidine groups is 1. The van der Waals surface area contributed by atoms with E-state index in [1.165, 1.54) is 25.9 Å². The molecule has 0 saturated carbocycles. The van der Waals surface area contributed by atoms with Crippen molar-refractivity contribution in [3.05, 3.63) is 0 Å². The highest BCUT2D eigenvalue weighted by Crippen LogP contribution is 2.14. The highest BCUT2D eigenvalue weighted by Gasteiger charge is 2.14. The summed E-state index contributed by atoms with van der Waals surface area (Å²) in [5.41, 5.74) is 0. The van der Waals surface area contributed by atoms with E-state index in [2.05, 4.69) is 27.4 Å². The number of rotatable bonds is 7. The van der Waals surface area contributed by atoms with Gasteiger partial charge >= 0.3 is 0 Å². The average molecular weight is 398 g/mol. The normalized spacial score (nSPS) is 17.6. The Morgan fingerprint density at radius 2 is 1.90 bits per heavy atom. The molecule has 0 atom stereocenters. The lowest BCUT2D eigenvalue weighted by Crippen LogP contribution is -2.44. The molecule has 0 radical (unpaired) electrons. The highest BCUT2D eigenvalue weighted by molar-refractivity contribution is 14.0. The Hall–Kier alpha value is -0.0800. The molecule has 0 spiro atoms. The van der Waals surface area contributed by atoms with Crippen LogP contribution in [0.1, 0.15) is 26.7 Å². The molecule has 1 aliphatic rings. The predicted octanol–water partition coefficient (Wildman–Crippen LogP) is 1.54. The number of piperidine rings is 1. The van der Waals surface area contributed by atoms with E-state index in [4.69, 9.17) is 4.74 Å². The third kappa shape index (κ3) is 8.97. The van der Waals surface area contributed by atoms with Crippen LogP contribution in [0.5, 0.6) is 0 Å². The first-order valence-corrected chi connectivity index (χ1v) is 7.50. The molecule has 1 aliphatic heterocycles. The van der Waals surface area contributed by atoms with Gasteiger partial charge in [0.05, 0.1) is 6.61 Å². The van der Waals surface area contributed by atoms with Crippen molar-refractivity contribution in [2.45, 2.75) is 26.7 Å². The lowest BCUT2D eigenvalue weighted by atomic mass is 9.99. The SMILES string of the molecule is CCOCCNC(=NC)NCCN1CCC(C)CC1.I. The molecule has 0 bridgehead atoms. The number of nitrogens with one attached hydrogen (secondary N) is 2. The Morgan fingerprint density at radius 1 is 1.25 bits per heavy atom. The van der Waals surface area contributed by atoms with Crippen molar-refractivity contribution in [1.29, 1.82) is 0 Å². The second kappa shape index (κ2) is 12.6. The Labute approximate surface area is 140 Å². The first-order chi connectivity index (χ1) is 9.26. The van der Waals surface area contributed by atoms with E-state index in [0.29, 0.717) is 0 Å². The molecule has 5 nitrogen and oxygen atoms in total. The van der Waals surface area contributed by atoms with Crippen molar-refractivity contribution >= 4 is 29.9 Å². The minimum Gasteiger partial charge on any atom is -0.380 e. The zero-order chi connectivity index (χ0) is 13.9. The summed E-state index contributed by atoms with van der Waals surface area (Å²) in [6, 6.07) is 0. The van der Waals surface area contributed by atoms with Gasteiger partial charge in [-0.3, -0.25) is 4.99 Å². The van der Waals surface area contributed by atoms with Crippen LogP contribution < -0.4 is 10.6 Å². The zero-order valence-corrected chi connectivity index (χ0v) is 15.5. The standard InChI is InChI=1S/C14H30N4O.HI/c1-4-19-12-8-17-14(15-3)16-7-11-18-9-5-13(2)6-10-18;/h13H,4-12H2,1-3H3,(H2,15,16,17);1H. The lowest BCUT2D eigenvalue weighted by Gasteiger charge is -2.30. The maximum absolute atomic E-state index is 5.28. The van der Waals surface area contributed by atoms with Gasteiger partial charge in [-0.25, -0.2) is 0 Å². The van der Waals surface area contributed by atoms with Gasteiger partial charge in [-0.05, 0) is 38.8 Å². The number of hydrogen-bond acceptors (Lipinski definition) is 3. The van der Waals surface area contributed by atoms with Crippen LogP contribution in [0.2, 0.25) is 0 Å². The smallest absolute Gasteiger partial charge is 0.191 e. The van der Waals surface area contributed by atoms with Gasteiger partial charge in [0.25, 0.3) is 0 Å². The van der Waals surface area contributed by atoms with Crippen LogP contribution in [-0.4, -0.2) is 63.8 Å². The van der Waals surface area contributed by atoms with E-state index in [9.17, 15) is 0 Å². The minimum atomic E-state index is 0. The van der Waals surface area contributed by atoms with Crippen molar-refractivity contribution in [2.75, 3.05) is 53.0 Å². The van der Waals surface area contributed by atoms with Gasteiger partial charge in [-0.15, -0.1) is 24.0 Å². The second-order valence-corrected chi connectivity index (χ2v) is 5.15. The number of hydrogen-bond donors (Lipinski definition) is 2. The summed E-state index contributed by atoms with van der Waals surface area (Å²) < 4.78 is 5.28. The van der Waals surface area contributed by atoms with Crippen LogP contribution in [0.25, 0.3) is 0 Å². The van der Waals surface area contributed by atoms with Gasteiger partial charge in [0.15, 0.2) is 5.96 Å². The Balaban J connectivity index is 0.00000361. The predicted molar refractivity (Wildman–Crippen MR) is 96.1 cm³/mol. The molecule has 6 heteroatoms. The van der Waals surface area contributed by atoms with Gasteiger partial charge in [-0.1, -0.05) is 6.92 Å². The van der Waals surface area contributed by atoms with Gasteiger partial charge in [0, 0.05) is 33.3 Å². The Bertz CT molecular complexity index is 256. The molecule has 0 amide bonds. The number of halogens is 1. The molecule has 1 rings (SSSR count). The van der Waals surface area contributed by atoms with E-state index in [1.807, 2.05) is 6.92 Å². The van der Waals surface area contributed by atoms with Crippen molar-refractivity contribution < 1.29 is 4.74 Å². The average Bonchev–Trinajstić information content (AvgIpc) is 2.43. The van der Waals surface area contributed by atoms with Crippen LogP contribution in [0, 0.1) is 5.92 Å². The fourth-order valence-corrected chi connectivity index (χ4v) is 2.22. The lowest BCUT2D eigenvalue weighted by molar-refractivity contribution is 0.152. The van der Waals surface area contributed by atoms with Gasteiger partial charge in [0.2, 0.25) is 0 Å². The Kier molecular flexibility index (Phi) is 12.6. The molecule has 0 aromatic rings. The highest BCUT2D eigenvalue weighted by atomic mass is 127. The molecular weight excluding hydrogens is 367 g/mol. The second-order valence-electron chi connectivity index (χ2n) is 5.15. The summed E-state index contributed by atoms with van der Waals surface area (Å²) in [5, 5.41) is 6.59. The van der Waals surface area contributed by atoms with Crippen LogP contribution >= 0.6 is 24.0 Å². The molecular formula is C14H31IN4O. The van der Waals surface area contributed by atoms with Gasteiger partial charge < -0.3 is 20.3 Å². The van der Waals surface area contributed by atoms with E-state index in [0.717, 1.165) is 44.7 Å². The van der Waals surface area contributed by atoms with Crippen LogP contribution in [0.4, 0.5) is 0 Å². The molecule has 2 N–H and O–H groups in total. The largest absolute Gasteiger partial charge is 0.380 e. The molecule has 1 fully saturated rings. The summed E-state index contributed by atoms with van der Waals surface area (Å²) >= 11 is 0. The van der Waals surface area contributed by atoms with E-state index >= 15 is 0 Å². The molecule has 0 aromatic heterocycles. The third-order valence-electron chi connectivity index (χ3n) is 3.56. The monoisotopic (exact) mass is 398 g/mol. The van der Waals surface area contributed by atoms with Crippen molar-refractivity contribution in [3.63, 3.8) is 0 Å². The fraction of sp³-hybridized carbons (Fsp3) is 0.929. The summed E-state index contributed by atoms with van der Waals surface area (Å²) in [6.07, 6.45) is 2.67. The molecule has 0 unspecified atom stereocenters. The minimum absolute atomic E-state index is 0. The summed E-state index contributed by atoms with van der Waals surface area (Å²) in [5.74, 6) is 1.77. The Morgan fingerprint density at radius 3 is 2.50 bits per heavy atom. The quantitative estimate of drug-likeness (QED) is 0.296. The van der Waals surface area contributed by atoms with E-state index in [-0.39, 0.29) is 24.0 Å². The molecule has 1 heterocycles. The molecule has 120 valence electrons. The van der Waals surface area contributed by atoms with E-state index < -0.39 is 0 Å². The van der Waals surface area contributed by atoms with Crippen molar-refractivity contribution in [2.24, 2.45) is 10.9 Å². The fourth-order valence-electron chi connectivity index (χ4n) is 2.22. The molecule has 0 aromatic carbocycles. The van der Waals surface area contributed by atoms with Crippen molar-refractivity contribution in [3.8, 4) is 0 Å². The molecule has 20 heavy (non-hydrogen) atoms. The summed E-state index contributed by atoms with van der Waals surface area (Å²) in [6.45, 7) is 11.2. The number of likely N-dealkylation sites (tertiary alicyclic amines) is 1. The number of ether oxygens (including phenoxy) is 1. The number of nitrogens with zero attached hydrogens (tertiary/aromatic N) is 2. The van der Waals surface area contributed by atoms with Gasteiger partial charge in [0.1, 0.15) is 0 Å². The van der Waals surface area contributed by atoms with Crippen LogP contribution in [0.15, 0.2) is 4.99 Å².